The lowest BCUT2D eigenvalue weighted by atomic mass is 9.98. The van der Waals surface area contributed by atoms with E-state index in [1.165, 1.54) is 0 Å². The minimum Gasteiger partial charge on any atom is -0.494 e. The summed E-state index contributed by atoms with van der Waals surface area (Å²) in [6, 6.07) is 14.5. The number of carbonyl (C=O) groups is 1. The van der Waals surface area contributed by atoms with Gasteiger partial charge in [0.05, 0.1) is 12.5 Å². The molecule has 1 saturated heterocycles. The summed E-state index contributed by atoms with van der Waals surface area (Å²) in [6.07, 6.45) is 1.76. The van der Waals surface area contributed by atoms with Gasteiger partial charge in [0.2, 0.25) is 11.7 Å². The van der Waals surface area contributed by atoms with Gasteiger partial charge in [0.15, 0.2) is 0 Å². The predicted octanol–water partition coefficient (Wildman–Crippen LogP) is 5.20. The summed E-state index contributed by atoms with van der Waals surface area (Å²) in [5, 5.41) is 7.65. The van der Waals surface area contributed by atoms with Crippen molar-refractivity contribution in [1.82, 2.24) is 15.0 Å². The lowest BCUT2D eigenvalue weighted by Gasteiger charge is -2.31. The van der Waals surface area contributed by atoms with Crippen LogP contribution in [0, 0.1) is 0 Å². The first-order valence-electron chi connectivity index (χ1n) is 10.0. The molecule has 0 aliphatic carbocycles. The number of ether oxygens (including phenoxy) is 1. The largest absolute Gasteiger partial charge is 0.494 e. The molecule has 7 nitrogen and oxygen atoms in total. The average molecular weight is 427 g/mol. The number of anilines is 1. The molecular weight excluding hydrogens is 404 g/mol. The molecule has 0 spiro atoms. The van der Waals surface area contributed by atoms with E-state index in [2.05, 4.69) is 15.5 Å². The average Bonchev–Trinajstić information content (AvgIpc) is 3.26. The van der Waals surface area contributed by atoms with Gasteiger partial charge in [-0.25, -0.2) is 4.79 Å². The number of hydrogen-bond acceptors (Lipinski definition) is 5. The molecule has 2 heterocycles. The predicted molar refractivity (Wildman–Crippen MR) is 115 cm³/mol. The van der Waals surface area contributed by atoms with Crippen LogP contribution in [0.4, 0.5) is 10.5 Å². The third-order valence-electron chi connectivity index (χ3n) is 5.00. The maximum atomic E-state index is 12.7. The summed E-state index contributed by atoms with van der Waals surface area (Å²) in [5.74, 6) is 1.83. The first-order chi connectivity index (χ1) is 14.6. The van der Waals surface area contributed by atoms with Gasteiger partial charge in [-0.1, -0.05) is 28.9 Å². The first-order valence-corrected chi connectivity index (χ1v) is 10.4. The van der Waals surface area contributed by atoms with E-state index in [0.717, 1.165) is 29.8 Å². The van der Waals surface area contributed by atoms with Crippen molar-refractivity contribution < 1.29 is 14.1 Å². The van der Waals surface area contributed by atoms with Crippen molar-refractivity contribution in [2.45, 2.75) is 25.7 Å². The van der Waals surface area contributed by atoms with Gasteiger partial charge >= 0.3 is 6.03 Å². The second kappa shape index (κ2) is 9.17. The van der Waals surface area contributed by atoms with E-state index in [1.54, 1.807) is 17.0 Å². The molecule has 1 aliphatic rings. The van der Waals surface area contributed by atoms with Gasteiger partial charge in [-0.15, -0.1) is 0 Å². The van der Waals surface area contributed by atoms with Crippen molar-refractivity contribution >= 4 is 23.3 Å². The summed E-state index contributed by atoms with van der Waals surface area (Å²) < 4.78 is 10.9. The van der Waals surface area contributed by atoms with Gasteiger partial charge in [0.25, 0.3) is 0 Å². The summed E-state index contributed by atoms with van der Waals surface area (Å²) in [6.45, 7) is 3.76. The van der Waals surface area contributed by atoms with Crippen molar-refractivity contribution in [3.8, 4) is 17.1 Å². The van der Waals surface area contributed by atoms with Crippen molar-refractivity contribution in [3.05, 3.63) is 59.4 Å². The van der Waals surface area contributed by atoms with E-state index in [1.807, 2.05) is 43.3 Å². The Balaban J connectivity index is 1.40. The number of piperidine rings is 1. The summed E-state index contributed by atoms with van der Waals surface area (Å²) in [4.78, 5) is 19.0. The van der Waals surface area contributed by atoms with Crippen LogP contribution in [0.2, 0.25) is 5.02 Å². The Bertz CT molecular complexity index is 1010. The van der Waals surface area contributed by atoms with Crippen molar-refractivity contribution in [3.63, 3.8) is 0 Å². The van der Waals surface area contributed by atoms with Crippen LogP contribution in [-0.4, -0.2) is 40.8 Å². The van der Waals surface area contributed by atoms with Gasteiger partial charge < -0.3 is 19.5 Å². The smallest absolute Gasteiger partial charge is 0.321 e. The Kier molecular flexibility index (Phi) is 6.18. The second-order valence-electron chi connectivity index (χ2n) is 7.14. The van der Waals surface area contributed by atoms with Crippen molar-refractivity contribution in [1.29, 1.82) is 0 Å². The monoisotopic (exact) mass is 426 g/mol. The molecule has 1 N–H and O–H groups in total. The highest BCUT2D eigenvalue weighted by Crippen LogP contribution is 2.28. The second-order valence-corrected chi connectivity index (χ2v) is 7.58. The molecule has 1 aliphatic heterocycles. The molecule has 0 saturated carbocycles. The highest BCUT2D eigenvalue weighted by molar-refractivity contribution is 6.30. The molecule has 3 aromatic rings. The number of halogens is 1. The minimum atomic E-state index is -0.140. The zero-order valence-electron chi connectivity index (χ0n) is 16.7. The van der Waals surface area contributed by atoms with Crippen molar-refractivity contribution in [2.75, 3.05) is 25.0 Å². The number of nitrogens with zero attached hydrogens (tertiary/aromatic N) is 3. The number of aromatic nitrogens is 2. The van der Waals surface area contributed by atoms with Crippen LogP contribution in [0.15, 0.2) is 53.1 Å². The van der Waals surface area contributed by atoms with Crippen LogP contribution in [-0.2, 0) is 0 Å². The fraction of sp³-hybridized carbons (Fsp3) is 0.318. The number of likely N-dealkylation sites (tertiary alicyclic amines) is 1. The summed E-state index contributed by atoms with van der Waals surface area (Å²) >= 11 is 6.05. The lowest BCUT2D eigenvalue weighted by Crippen LogP contribution is -2.41. The molecule has 0 bridgehead atoms. The Morgan fingerprint density at radius 1 is 1.30 bits per heavy atom. The molecule has 1 unspecified atom stereocenters. The highest BCUT2D eigenvalue weighted by atomic mass is 35.5. The summed E-state index contributed by atoms with van der Waals surface area (Å²) in [7, 11) is 0. The summed E-state index contributed by atoms with van der Waals surface area (Å²) in [5.41, 5.74) is 1.53. The third-order valence-corrected chi connectivity index (χ3v) is 5.23. The first kappa shape index (κ1) is 20.2. The van der Waals surface area contributed by atoms with Crippen LogP contribution in [0.25, 0.3) is 11.4 Å². The Labute approximate surface area is 180 Å². The van der Waals surface area contributed by atoms with E-state index in [0.29, 0.717) is 36.4 Å². The van der Waals surface area contributed by atoms with E-state index in [4.69, 9.17) is 20.9 Å². The van der Waals surface area contributed by atoms with Crippen LogP contribution in [0.3, 0.4) is 0 Å². The Morgan fingerprint density at radius 3 is 2.90 bits per heavy atom. The van der Waals surface area contributed by atoms with Crippen LogP contribution in [0.5, 0.6) is 5.75 Å². The molecule has 1 atom stereocenters. The van der Waals surface area contributed by atoms with E-state index < -0.39 is 0 Å². The molecule has 1 fully saturated rings. The normalized spacial score (nSPS) is 16.3. The maximum Gasteiger partial charge on any atom is 0.321 e. The van der Waals surface area contributed by atoms with Crippen LogP contribution >= 0.6 is 11.6 Å². The zero-order chi connectivity index (χ0) is 20.9. The molecule has 2 aromatic carbocycles. The number of hydrogen-bond donors (Lipinski definition) is 1. The van der Waals surface area contributed by atoms with Gasteiger partial charge in [0.1, 0.15) is 5.75 Å². The van der Waals surface area contributed by atoms with Crippen LogP contribution < -0.4 is 10.1 Å². The molecule has 2 amide bonds. The Morgan fingerprint density at radius 2 is 2.13 bits per heavy atom. The van der Waals surface area contributed by atoms with E-state index in [-0.39, 0.29) is 11.9 Å². The van der Waals surface area contributed by atoms with Crippen molar-refractivity contribution in [2.24, 2.45) is 0 Å². The lowest BCUT2D eigenvalue weighted by molar-refractivity contribution is 0.184. The third kappa shape index (κ3) is 4.74. The zero-order valence-corrected chi connectivity index (χ0v) is 17.4. The van der Waals surface area contributed by atoms with Gasteiger partial charge in [-0.05, 0) is 56.2 Å². The van der Waals surface area contributed by atoms with Gasteiger partial charge in [-0.2, -0.15) is 4.98 Å². The molecule has 4 rings (SSSR count). The SMILES string of the molecule is CCOc1ccc(NC(=O)N2CCCC(c3nc(-c4cccc(Cl)c4)no3)C2)cc1. The fourth-order valence-corrected chi connectivity index (χ4v) is 3.70. The quantitative estimate of drug-likeness (QED) is 0.606. The van der Waals surface area contributed by atoms with E-state index >= 15 is 0 Å². The fourth-order valence-electron chi connectivity index (χ4n) is 3.51. The molecule has 156 valence electrons. The van der Waals surface area contributed by atoms with Gasteiger partial charge in [-0.3, -0.25) is 0 Å². The molecule has 0 radical (unpaired) electrons. The van der Waals surface area contributed by atoms with Crippen LogP contribution in [0.1, 0.15) is 31.6 Å². The molecular formula is C22H23ClN4O3. The topological polar surface area (TPSA) is 80.5 Å². The maximum absolute atomic E-state index is 12.7. The molecule has 30 heavy (non-hydrogen) atoms. The standard InChI is InChI=1S/C22H23ClN4O3/c1-2-29-19-10-8-18(9-11-19)24-22(28)27-12-4-6-16(14-27)21-25-20(26-30-21)15-5-3-7-17(23)13-15/h3,5,7-11,13,16H,2,4,6,12,14H2,1H3,(H,24,28). The van der Waals surface area contributed by atoms with E-state index in [9.17, 15) is 4.79 Å². The number of rotatable bonds is 5. The number of nitrogens with one attached hydrogen (secondary N) is 1. The Hall–Kier alpha value is -3.06. The number of carbonyl (C=O) groups excluding carboxylic acids is 1. The highest BCUT2D eigenvalue weighted by Gasteiger charge is 2.29. The molecule has 8 heteroatoms. The van der Waals surface area contributed by atoms with Gasteiger partial charge in [0, 0.05) is 29.4 Å². The number of benzene rings is 2. The minimum absolute atomic E-state index is 0.00487. The number of urea groups is 1. The number of amides is 2. The molecule has 1 aromatic heterocycles.